The van der Waals surface area contributed by atoms with Gasteiger partial charge in [-0.05, 0) is 29.1 Å². The number of thiophene rings is 1. The van der Waals surface area contributed by atoms with Crippen molar-refractivity contribution < 1.29 is 9.59 Å². The molecule has 0 unspecified atom stereocenters. The van der Waals surface area contributed by atoms with Gasteiger partial charge in [0.1, 0.15) is 0 Å². The number of rotatable bonds is 3. The molecule has 4 N–H and O–H groups in total. The van der Waals surface area contributed by atoms with Crippen LogP contribution in [0.5, 0.6) is 0 Å². The summed E-state index contributed by atoms with van der Waals surface area (Å²) in [5.74, 6) is -0.270. The first-order valence-electron chi connectivity index (χ1n) is 6.73. The normalized spacial score (nSPS) is 14.2. The van der Waals surface area contributed by atoms with E-state index in [2.05, 4.69) is 15.8 Å². The molecule has 6 nitrogen and oxygen atoms in total. The number of anilines is 2. The van der Waals surface area contributed by atoms with Gasteiger partial charge >= 0.3 is 0 Å². The van der Waals surface area contributed by atoms with Crippen LogP contribution < -0.4 is 16.5 Å². The van der Waals surface area contributed by atoms with Gasteiger partial charge in [0, 0.05) is 12.8 Å². The fourth-order valence-corrected chi connectivity index (χ4v) is 2.75. The number of nitrogens with zero attached hydrogens (tertiary/aromatic N) is 1. The SMILES string of the molecule is Nc1cc(C2=NNC(=O)CC2)ccc1NC(=O)c1cccs1. The Balaban J connectivity index is 1.78. The van der Waals surface area contributed by atoms with E-state index in [0.717, 1.165) is 11.3 Å². The molecule has 1 aromatic carbocycles. The second kappa shape index (κ2) is 5.98. The predicted octanol–water partition coefficient (Wildman–Crippen LogP) is 2.20. The number of hydrogen-bond donors (Lipinski definition) is 3. The largest absolute Gasteiger partial charge is 0.397 e. The smallest absolute Gasteiger partial charge is 0.265 e. The number of nitrogen functional groups attached to an aromatic ring is 1. The van der Waals surface area contributed by atoms with Crippen LogP contribution in [0, 0.1) is 0 Å². The van der Waals surface area contributed by atoms with Gasteiger partial charge < -0.3 is 11.1 Å². The number of benzene rings is 1. The van der Waals surface area contributed by atoms with Crippen molar-refractivity contribution in [3.05, 3.63) is 46.2 Å². The minimum Gasteiger partial charge on any atom is -0.397 e. The molecule has 2 aromatic rings. The molecule has 1 aromatic heterocycles. The minimum atomic E-state index is -0.184. The Hall–Kier alpha value is -2.67. The molecule has 0 saturated heterocycles. The van der Waals surface area contributed by atoms with Crippen LogP contribution in [0.1, 0.15) is 28.1 Å². The van der Waals surface area contributed by atoms with Crippen molar-refractivity contribution in [1.82, 2.24) is 5.43 Å². The molecule has 3 rings (SSSR count). The van der Waals surface area contributed by atoms with Gasteiger partial charge in [-0.15, -0.1) is 11.3 Å². The number of hydrogen-bond acceptors (Lipinski definition) is 5. The molecule has 1 aliphatic rings. The number of nitrogens with one attached hydrogen (secondary N) is 2. The monoisotopic (exact) mass is 314 g/mol. The Morgan fingerprint density at radius 2 is 2.18 bits per heavy atom. The first kappa shape index (κ1) is 14.3. The second-order valence-electron chi connectivity index (χ2n) is 4.83. The molecule has 0 saturated carbocycles. The fourth-order valence-electron chi connectivity index (χ4n) is 2.13. The summed E-state index contributed by atoms with van der Waals surface area (Å²) >= 11 is 1.37. The summed E-state index contributed by atoms with van der Waals surface area (Å²) in [5, 5.41) is 8.66. The van der Waals surface area contributed by atoms with Crippen LogP contribution in [0.2, 0.25) is 0 Å². The maximum atomic E-state index is 12.0. The van der Waals surface area contributed by atoms with Crippen molar-refractivity contribution in [2.75, 3.05) is 11.1 Å². The highest BCUT2D eigenvalue weighted by atomic mass is 32.1. The van der Waals surface area contributed by atoms with Crippen LogP contribution in [0.4, 0.5) is 11.4 Å². The number of carbonyl (C=O) groups excluding carboxylic acids is 2. The van der Waals surface area contributed by atoms with Crippen LogP contribution in [-0.4, -0.2) is 17.5 Å². The van der Waals surface area contributed by atoms with Gasteiger partial charge in [0.2, 0.25) is 5.91 Å². The Labute approximate surface area is 131 Å². The lowest BCUT2D eigenvalue weighted by atomic mass is 10.0. The standard InChI is InChI=1S/C15H14N4O2S/c16-10-8-9(11-5-6-14(20)19-18-11)3-4-12(10)17-15(21)13-2-1-7-22-13/h1-4,7-8H,5-6,16H2,(H,17,21)(H,19,20). The Morgan fingerprint density at radius 3 is 2.82 bits per heavy atom. The third-order valence-corrected chi connectivity index (χ3v) is 4.15. The molecule has 0 spiro atoms. The van der Waals surface area contributed by atoms with Crippen LogP contribution in [-0.2, 0) is 4.79 Å². The zero-order chi connectivity index (χ0) is 15.5. The van der Waals surface area contributed by atoms with Gasteiger partial charge in [-0.3, -0.25) is 9.59 Å². The topological polar surface area (TPSA) is 96.6 Å². The van der Waals surface area contributed by atoms with Crippen LogP contribution in [0.25, 0.3) is 0 Å². The molecule has 2 heterocycles. The summed E-state index contributed by atoms with van der Waals surface area (Å²) in [6, 6.07) is 8.90. The maximum Gasteiger partial charge on any atom is 0.265 e. The van der Waals surface area contributed by atoms with Crippen molar-refractivity contribution in [2.45, 2.75) is 12.8 Å². The van der Waals surface area contributed by atoms with Crippen molar-refractivity contribution in [2.24, 2.45) is 5.10 Å². The van der Waals surface area contributed by atoms with Crippen LogP contribution in [0.3, 0.4) is 0 Å². The predicted molar refractivity (Wildman–Crippen MR) is 87.0 cm³/mol. The molecule has 0 atom stereocenters. The van der Waals surface area contributed by atoms with Crippen molar-refractivity contribution in [3.63, 3.8) is 0 Å². The van der Waals surface area contributed by atoms with E-state index in [1.807, 2.05) is 17.5 Å². The molecular weight excluding hydrogens is 300 g/mol. The van der Waals surface area contributed by atoms with Gasteiger partial charge in [-0.1, -0.05) is 12.1 Å². The molecule has 0 radical (unpaired) electrons. The third kappa shape index (κ3) is 2.99. The van der Waals surface area contributed by atoms with Crippen LogP contribution >= 0.6 is 11.3 Å². The van der Waals surface area contributed by atoms with Gasteiger partial charge in [0.05, 0.1) is 22.0 Å². The molecule has 2 amide bonds. The number of hydrazone groups is 1. The minimum absolute atomic E-state index is 0.0865. The van der Waals surface area contributed by atoms with E-state index >= 15 is 0 Å². The second-order valence-corrected chi connectivity index (χ2v) is 5.77. The summed E-state index contributed by atoms with van der Waals surface area (Å²) < 4.78 is 0. The average molecular weight is 314 g/mol. The highest BCUT2D eigenvalue weighted by molar-refractivity contribution is 7.12. The van der Waals surface area contributed by atoms with E-state index in [1.54, 1.807) is 18.2 Å². The summed E-state index contributed by atoms with van der Waals surface area (Å²) in [5.41, 5.74) is 11.1. The zero-order valence-corrected chi connectivity index (χ0v) is 12.4. The van der Waals surface area contributed by atoms with Crippen molar-refractivity contribution in [1.29, 1.82) is 0 Å². The lowest BCUT2D eigenvalue weighted by Crippen LogP contribution is -2.26. The highest BCUT2D eigenvalue weighted by Crippen LogP contribution is 2.23. The van der Waals surface area contributed by atoms with Gasteiger partial charge in [0.25, 0.3) is 5.91 Å². The van der Waals surface area contributed by atoms with Crippen LogP contribution in [0.15, 0.2) is 40.8 Å². The quantitative estimate of drug-likeness (QED) is 0.758. The first-order chi connectivity index (χ1) is 10.6. The van der Waals surface area contributed by atoms with E-state index in [4.69, 9.17) is 5.73 Å². The molecular formula is C15H14N4O2S. The Kier molecular flexibility index (Phi) is 3.88. The lowest BCUT2D eigenvalue weighted by molar-refractivity contribution is -0.121. The lowest BCUT2D eigenvalue weighted by Gasteiger charge is -2.14. The fraction of sp³-hybridized carbons (Fsp3) is 0.133. The van der Waals surface area contributed by atoms with E-state index in [-0.39, 0.29) is 11.8 Å². The van der Waals surface area contributed by atoms with Gasteiger partial charge in [-0.2, -0.15) is 5.10 Å². The number of amides is 2. The molecule has 0 fully saturated rings. The summed E-state index contributed by atoms with van der Waals surface area (Å²) in [4.78, 5) is 23.8. The molecule has 1 aliphatic heterocycles. The molecule has 0 bridgehead atoms. The third-order valence-electron chi connectivity index (χ3n) is 3.28. The van der Waals surface area contributed by atoms with E-state index in [1.165, 1.54) is 11.3 Å². The summed E-state index contributed by atoms with van der Waals surface area (Å²) in [7, 11) is 0. The molecule has 7 heteroatoms. The maximum absolute atomic E-state index is 12.0. The van der Waals surface area contributed by atoms with E-state index in [0.29, 0.717) is 29.1 Å². The number of nitrogens with two attached hydrogens (primary N) is 1. The Bertz CT molecular complexity index is 753. The first-order valence-corrected chi connectivity index (χ1v) is 7.61. The average Bonchev–Trinajstić information content (AvgIpc) is 3.04. The Morgan fingerprint density at radius 1 is 1.32 bits per heavy atom. The summed E-state index contributed by atoms with van der Waals surface area (Å²) in [6.07, 6.45) is 0.988. The molecule has 22 heavy (non-hydrogen) atoms. The van der Waals surface area contributed by atoms with E-state index < -0.39 is 0 Å². The molecule has 112 valence electrons. The van der Waals surface area contributed by atoms with Crippen molar-refractivity contribution in [3.8, 4) is 0 Å². The summed E-state index contributed by atoms with van der Waals surface area (Å²) in [6.45, 7) is 0. The molecule has 0 aliphatic carbocycles. The van der Waals surface area contributed by atoms with E-state index in [9.17, 15) is 9.59 Å². The highest BCUT2D eigenvalue weighted by Gasteiger charge is 2.15. The van der Waals surface area contributed by atoms with Gasteiger partial charge in [0.15, 0.2) is 0 Å². The van der Waals surface area contributed by atoms with Gasteiger partial charge in [-0.25, -0.2) is 5.43 Å². The number of carbonyl (C=O) groups is 2. The zero-order valence-electron chi connectivity index (χ0n) is 11.6. The van der Waals surface area contributed by atoms with Crippen molar-refractivity contribution >= 4 is 40.2 Å².